The van der Waals surface area contributed by atoms with Gasteiger partial charge < -0.3 is 20.3 Å². The summed E-state index contributed by atoms with van der Waals surface area (Å²) in [6.45, 7) is 0.817. The van der Waals surface area contributed by atoms with Crippen LogP contribution in [0.15, 0.2) is 54.6 Å². The van der Waals surface area contributed by atoms with Crippen molar-refractivity contribution in [3.63, 3.8) is 0 Å². The number of hydrogen-bond acceptors (Lipinski definition) is 3. The molecule has 5 heteroatoms. The Bertz CT molecular complexity index is 656. The minimum absolute atomic E-state index is 0.358. The number of aliphatic hydroxyl groups excluding tert-OH is 1. The minimum Gasteiger partial charge on any atom is -0.477 e. The lowest BCUT2D eigenvalue weighted by Crippen LogP contribution is -2.90. The Labute approximate surface area is 134 Å². The van der Waals surface area contributed by atoms with E-state index in [2.05, 4.69) is 12.1 Å². The zero-order valence-electron chi connectivity index (χ0n) is 12.6. The van der Waals surface area contributed by atoms with Gasteiger partial charge in [0.25, 0.3) is 0 Å². The molecule has 0 saturated carbocycles. The number of carboxylic acid groups (broad SMARTS) is 1. The first kappa shape index (κ1) is 15.7. The number of aliphatic hydroxyl groups is 1. The predicted octanol–water partition coefficient (Wildman–Crippen LogP) is 0.630. The molecule has 3 rings (SSSR count). The van der Waals surface area contributed by atoms with Crippen LogP contribution >= 0.6 is 0 Å². The lowest BCUT2D eigenvalue weighted by atomic mass is 10.0. The molecule has 0 spiro atoms. The zero-order valence-corrected chi connectivity index (χ0v) is 12.6. The van der Waals surface area contributed by atoms with Gasteiger partial charge in [0.15, 0.2) is 0 Å². The molecule has 1 fully saturated rings. The van der Waals surface area contributed by atoms with Crippen molar-refractivity contribution in [2.75, 3.05) is 6.54 Å². The number of nitrogens with two attached hydrogens (primary N) is 1. The molecule has 0 unspecified atom stereocenters. The highest BCUT2D eigenvalue weighted by atomic mass is 16.5. The van der Waals surface area contributed by atoms with Crippen molar-refractivity contribution in [2.45, 2.75) is 24.9 Å². The molecule has 2 aromatic rings. The second kappa shape index (κ2) is 6.91. The van der Waals surface area contributed by atoms with Crippen molar-refractivity contribution >= 4 is 5.97 Å². The Morgan fingerprint density at radius 2 is 1.74 bits per heavy atom. The van der Waals surface area contributed by atoms with E-state index < -0.39 is 24.2 Å². The summed E-state index contributed by atoms with van der Waals surface area (Å²) in [5, 5.41) is 20.5. The van der Waals surface area contributed by atoms with Gasteiger partial charge in [-0.25, -0.2) is 4.79 Å². The average molecular weight is 314 g/mol. The molecule has 1 saturated heterocycles. The monoisotopic (exact) mass is 314 g/mol. The number of carbonyl (C=O) groups is 1. The van der Waals surface area contributed by atoms with Gasteiger partial charge in [-0.05, 0) is 16.7 Å². The third-order valence-electron chi connectivity index (χ3n) is 4.18. The van der Waals surface area contributed by atoms with Gasteiger partial charge >= 0.3 is 5.97 Å². The van der Waals surface area contributed by atoms with E-state index in [-0.39, 0.29) is 0 Å². The second-order valence-corrected chi connectivity index (χ2v) is 5.74. The molecule has 0 amide bonds. The van der Waals surface area contributed by atoms with E-state index in [1.807, 2.05) is 42.5 Å². The van der Waals surface area contributed by atoms with Crippen LogP contribution in [0.5, 0.6) is 0 Å². The van der Waals surface area contributed by atoms with Crippen LogP contribution in [-0.2, 0) is 16.1 Å². The van der Waals surface area contributed by atoms with Gasteiger partial charge in [0, 0.05) is 0 Å². The maximum absolute atomic E-state index is 11.0. The van der Waals surface area contributed by atoms with Crippen molar-refractivity contribution in [3.8, 4) is 11.1 Å². The maximum atomic E-state index is 11.0. The van der Waals surface area contributed by atoms with Crippen LogP contribution in [0.4, 0.5) is 0 Å². The van der Waals surface area contributed by atoms with Gasteiger partial charge in [0.05, 0.1) is 6.61 Å². The van der Waals surface area contributed by atoms with Crippen LogP contribution in [0.1, 0.15) is 5.56 Å². The van der Waals surface area contributed by atoms with Crippen molar-refractivity contribution in [1.29, 1.82) is 0 Å². The number of benzene rings is 2. The molecule has 2 aromatic carbocycles. The largest absolute Gasteiger partial charge is 0.477 e. The van der Waals surface area contributed by atoms with Crippen molar-refractivity contribution in [1.82, 2.24) is 0 Å². The molecular formula is C18H20NO4+. The van der Waals surface area contributed by atoms with Crippen LogP contribution in [0.3, 0.4) is 0 Å². The Morgan fingerprint density at radius 1 is 1.09 bits per heavy atom. The van der Waals surface area contributed by atoms with Gasteiger partial charge in [0.2, 0.25) is 6.04 Å². The van der Waals surface area contributed by atoms with Crippen molar-refractivity contribution in [2.24, 2.45) is 0 Å². The van der Waals surface area contributed by atoms with Gasteiger partial charge in [-0.2, -0.15) is 0 Å². The molecule has 0 aliphatic carbocycles. The Kier molecular flexibility index (Phi) is 4.71. The first-order chi connectivity index (χ1) is 11.1. The first-order valence-electron chi connectivity index (χ1n) is 7.65. The average Bonchev–Trinajstić information content (AvgIpc) is 2.95. The summed E-state index contributed by atoms with van der Waals surface area (Å²) in [6, 6.07) is 17.3. The van der Waals surface area contributed by atoms with E-state index >= 15 is 0 Å². The summed E-state index contributed by atoms with van der Waals surface area (Å²) < 4.78 is 5.68. The summed E-state index contributed by atoms with van der Waals surface area (Å²) in [5.41, 5.74) is 3.29. The normalized spacial score (nSPS) is 23.8. The van der Waals surface area contributed by atoms with Crippen molar-refractivity contribution in [3.05, 3.63) is 60.2 Å². The fourth-order valence-corrected chi connectivity index (χ4v) is 2.83. The molecule has 4 N–H and O–H groups in total. The molecule has 1 aliphatic heterocycles. The van der Waals surface area contributed by atoms with Crippen LogP contribution in [0, 0.1) is 0 Å². The predicted molar refractivity (Wildman–Crippen MR) is 84.7 cm³/mol. The molecule has 120 valence electrons. The van der Waals surface area contributed by atoms with Gasteiger partial charge in [-0.1, -0.05) is 54.6 Å². The molecule has 0 radical (unpaired) electrons. The fourth-order valence-electron chi connectivity index (χ4n) is 2.83. The molecular weight excluding hydrogens is 294 g/mol. The third kappa shape index (κ3) is 3.59. The van der Waals surface area contributed by atoms with E-state index in [1.54, 1.807) is 5.32 Å². The molecule has 3 atom stereocenters. The molecule has 1 aliphatic rings. The van der Waals surface area contributed by atoms with Crippen LogP contribution in [0.25, 0.3) is 11.1 Å². The second-order valence-electron chi connectivity index (χ2n) is 5.74. The van der Waals surface area contributed by atoms with Gasteiger partial charge in [-0.3, -0.25) is 0 Å². The van der Waals surface area contributed by atoms with Crippen LogP contribution < -0.4 is 5.32 Å². The lowest BCUT2D eigenvalue weighted by Gasteiger charge is -2.14. The van der Waals surface area contributed by atoms with Gasteiger partial charge in [0.1, 0.15) is 18.8 Å². The zero-order chi connectivity index (χ0) is 16.2. The Morgan fingerprint density at radius 3 is 2.35 bits per heavy atom. The molecule has 1 heterocycles. The van der Waals surface area contributed by atoms with E-state index in [4.69, 9.17) is 9.84 Å². The Balaban J connectivity index is 1.58. The topological polar surface area (TPSA) is 83.4 Å². The maximum Gasteiger partial charge on any atom is 0.365 e. The smallest absolute Gasteiger partial charge is 0.365 e. The van der Waals surface area contributed by atoms with E-state index in [0.717, 1.165) is 16.7 Å². The van der Waals surface area contributed by atoms with Crippen molar-refractivity contribution < 1.29 is 25.1 Å². The first-order valence-corrected chi connectivity index (χ1v) is 7.65. The minimum atomic E-state index is -1.00. The number of rotatable bonds is 5. The lowest BCUT2D eigenvalue weighted by molar-refractivity contribution is -0.664. The summed E-state index contributed by atoms with van der Waals surface area (Å²) in [6.07, 6.45) is -1.43. The quantitative estimate of drug-likeness (QED) is 0.756. The standard InChI is InChI=1S/C18H19NO4/c20-17-15(10-19-16(17)18(21)22)23-11-12-6-8-14(9-7-12)13-4-2-1-3-5-13/h1-9,15-17,19-20H,10-11H2,(H,21,22)/p+1/t15-,16+,17+/m1/s1. The van der Waals surface area contributed by atoms with Crippen LogP contribution in [0.2, 0.25) is 0 Å². The number of hydrogen-bond donors (Lipinski definition) is 3. The summed E-state index contributed by atoms with van der Waals surface area (Å²) in [5.74, 6) is -1.00. The molecule has 5 nitrogen and oxygen atoms in total. The summed E-state index contributed by atoms with van der Waals surface area (Å²) >= 11 is 0. The Hall–Kier alpha value is -2.21. The molecule has 0 aromatic heterocycles. The molecule has 23 heavy (non-hydrogen) atoms. The number of aliphatic carboxylic acids is 1. The fraction of sp³-hybridized carbons (Fsp3) is 0.278. The number of carboxylic acids is 1. The third-order valence-corrected chi connectivity index (χ3v) is 4.18. The molecule has 0 bridgehead atoms. The highest BCUT2D eigenvalue weighted by Gasteiger charge is 2.43. The highest BCUT2D eigenvalue weighted by molar-refractivity contribution is 5.72. The number of quaternary nitrogens is 1. The van der Waals surface area contributed by atoms with E-state index in [9.17, 15) is 9.90 Å². The number of ether oxygens (including phenoxy) is 1. The SMILES string of the molecule is O=C(O)[C@H]1[NH2+]C[C@@H](OCc2ccc(-c3ccccc3)cc2)[C@@H]1O. The van der Waals surface area contributed by atoms with Crippen LogP contribution in [-0.4, -0.2) is 41.0 Å². The highest BCUT2D eigenvalue weighted by Crippen LogP contribution is 2.20. The van der Waals surface area contributed by atoms with E-state index in [0.29, 0.717) is 13.2 Å². The van der Waals surface area contributed by atoms with Gasteiger partial charge in [-0.15, -0.1) is 0 Å². The van der Waals surface area contributed by atoms with E-state index in [1.165, 1.54) is 0 Å². The summed E-state index contributed by atoms with van der Waals surface area (Å²) in [4.78, 5) is 11.0. The summed E-state index contributed by atoms with van der Waals surface area (Å²) in [7, 11) is 0.